The molecule has 4 unspecified atom stereocenters. The number of benzene rings is 6. The summed E-state index contributed by atoms with van der Waals surface area (Å²) in [4.78, 5) is 13.9. The highest BCUT2D eigenvalue weighted by Crippen LogP contribution is 2.43. The number of rotatable bonds is 12. The zero-order valence-electron chi connectivity index (χ0n) is 29.4. The molecule has 0 radical (unpaired) electrons. The summed E-state index contributed by atoms with van der Waals surface area (Å²) >= 11 is 1.79. The third-order valence-corrected chi connectivity index (χ3v) is 10.4. The first kappa shape index (κ1) is 36.0. The Morgan fingerprint density at radius 3 is 2.09 bits per heavy atom. The summed E-state index contributed by atoms with van der Waals surface area (Å²) in [5, 5.41) is 15.4. The van der Waals surface area contributed by atoms with E-state index in [4.69, 9.17) is 14.2 Å². The first-order valence-corrected chi connectivity index (χ1v) is 18.7. The molecule has 1 aliphatic heterocycles. The molecule has 1 heterocycles. The number of carbonyl (C=O) groups is 1. The van der Waals surface area contributed by atoms with Gasteiger partial charge in [0, 0.05) is 34.4 Å². The van der Waals surface area contributed by atoms with Crippen molar-refractivity contribution in [3.63, 3.8) is 0 Å². The van der Waals surface area contributed by atoms with Crippen molar-refractivity contribution in [3.05, 3.63) is 180 Å². The van der Waals surface area contributed by atoms with E-state index in [0.717, 1.165) is 44.9 Å². The molecule has 7 nitrogen and oxygen atoms in total. The number of carbonyl (C=O) groups excluding carboxylic acids is 1. The van der Waals surface area contributed by atoms with Crippen molar-refractivity contribution in [2.45, 2.75) is 43.5 Å². The van der Waals surface area contributed by atoms with Crippen LogP contribution in [-0.4, -0.2) is 23.0 Å². The number of urea groups is 1. The first-order chi connectivity index (χ1) is 26.0. The molecular formula is C45H42N2O5S. The third-order valence-electron chi connectivity index (χ3n) is 9.27. The van der Waals surface area contributed by atoms with E-state index in [1.165, 1.54) is 4.90 Å². The molecule has 268 valence electrons. The van der Waals surface area contributed by atoms with E-state index in [2.05, 4.69) is 78.2 Å². The lowest BCUT2D eigenvalue weighted by atomic mass is 9.91. The fraction of sp³-hybridized carbons (Fsp3) is 0.178. The fourth-order valence-electron chi connectivity index (χ4n) is 6.29. The van der Waals surface area contributed by atoms with Gasteiger partial charge in [0.1, 0.15) is 11.5 Å². The van der Waals surface area contributed by atoms with Gasteiger partial charge in [-0.3, -0.25) is 0 Å². The van der Waals surface area contributed by atoms with Crippen LogP contribution in [-0.2, 0) is 22.6 Å². The Bertz CT molecular complexity index is 2060. The predicted octanol–water partition coefficient (Wildman–Crippen LogP) is 10.5. The van der Waals surface area contributed by atoms with Crippen LogP contribution in [0.5, 0.6) is 11.5 Å². The molecule has 0 bridgehead atoms. The minimum atomic E-state index is -0.536. The number of ether oxygens (including phenoxy) is 3. The summed E-state index contributed by atoms with van der Waals surface area (Å²) in [5.41, 5.74) is 6.63. The van der Waals surface area contributed by atoms with Crippen molar-refractivity contribution in [1.82, 2.24) is 5.32 Å². The second-order valence-corrected chi connectivity index (χ2v) is 14.1. The summed E-state index contributed by atoms with van der Waals surface area (Å²) in [7, 11) is 0. The van der Waals surface area contributed by atoms with Crippen LogP contribution in [0.1, 0.15) is 41.6 Å². The number of aliphatic hydroxyl groups excluding tert-OH is 1. The van der Waals surface area contributed by atoms with Crippen LogP contribution >= 0.6 is 11.8 Å². The highest BCUT2D eigenvalue weighted by atomic mass is 32.2. The molecule has 53 heavy (non-hydrogen) atoms. The Morgan fingerprint density at radius 2 is 1.38 bits per heavy atom. The third kappa shape index (κ3) is 9.54. The number of hydrogen-bond acceptors (Lipinski definition) is 6. The van der Waals surface area contributed by atoms with Crippen molar-refractivity contribution in [1.29, 1.82) is 0 Å². The topological polar surface area (TPSA) is 89.1 Å². The highest BCUT2D eigenvalue weighted by molar-refractivity contribution is 7.99. The lowest BCUT2D eigenvalue weighted by Crippen LogP contribution is -2.38. The van der Waals surface area contributed by atoms with Crippen molar-refractivity contribution in [2.24, 2.45) is 5.92 Å². The van der Waals surface area contributed by atoms with Crippen LogP contribution in [0, 0.1) is 5.92 Å². The van der Waals surface area contributed by atoms with Gasteiger partial charge in [0.2, 0.25) is 0 Å². The second-order valence-electron chi connectivity index (χ2n) is 13.0. The Balaban J connectivity index is 0.983. The summed E-state index contributed by atoms with van der Waals surface area (Å²) < 4.78 is 19.2. The standard InChI is InChI=1S/C45H42N2O5S/c1-31-42(30-53-41-13-6-3-7-14-41)51-44(52-43(31)35-17-15-32(29-48)16-18-35)36-21-19-34(20-22-36)37-10-8-9-33(27-37)28-46-45(49)47-38-23-25-40(26-24-38)50-39-11-4-2-5-12-39/h2-27,31,42-44,48H,28-30H2,1H3,(H2,46,47,49). The molecule has 0 aromatic heterocycles. The van der Waals surface area contributed by atoms with Crippen LogP contribution in [0.25, 0.3) is 11.1 Å². The minimum absolute atomic E-state index is 0.00609. The van der Waals surface area contributed by atoms with Gasteiger partial charge in [-0.2, -0.15) is 0 Å². The first-order valence-electron chi connectivity index (χ1n) is 17.8. The van der Waals surface area contributed by atoms with E-state index in [9.17, 15) is 9.90 Å². The molecule has 7 rings (SSSR count). The van der Waals surface area contributed by atoms with Crippen LogP contribution in [0.15, 0.2) is 163 Å². The smallest absolute Gasteiger partial charge is 0.319 e. The van der Waals surface area contributed by atoms with Gasteiger partial charge in [0.05, 0.1) is 18.8 Å². The van der Waals surface area contributed by atoms with Gasteiger partial charge >= 0.3 is 6.03 Å². The fourth-order valence-corrected chi connectivity index (χ4v) is 7.38. The molecule has 2 amide bonds. The number of hydrogen-bond donors (Lipinski definition) is 3. The van der Waals surface area contributed by atoms with Crippen molar-refractivity contribution >= 4 is 23.5 Å². The number of anilines is 1. The van der Waals surface area contributed by atoms with Gasteiger partial charge in [-0.15, -0.1) is 11.8 Å². The second kappa shape index (κ2) is 17.4. The molecule has 3 N–H and O–H groups in total. The van der Waals surface area contributed by atoms with Gasteiger partial charge < -0.3 is 30.0 Å². The van der Waals surface area contributed by atoms with Gasteiger partial charge in [0.15, 0.2) is 6.29 Å². The molecule has 1 aliphatic rings. The molecule has 4 atom stereocenters. The molecule has 0 spiro atoms. The number of para-hydroxylation sites is 1. The Morgan fingerprint density at radius 1 is 0.698 bits per heavy atom. The number of nitrogens with one attached hydrogen (secondary N) is 2. The number of aliphatic hydroxyl groups is 1. The molecule has 1 fully saturated rings. The molecule has 0 saturated carbocycles. The Labute approximate surface area is 315 Å². The van der Waals surface area contributed by atoms with E-state index < -0.39 is 6.29 Å². The predicted molar refractivity (Wildman–Crippen MR) is 211 cm³/mol. The SMILES string of the molecule is CC1C(CSc2ccccc2)OC(c2ccc(-c3cccc(CNC(=O)Nc4ccc(Oc5ccccc5)cc4)c3)cc2)OC1c1ccc(CO)cc1. The molecule has 8 heteroatoms. The quantitative estimate of drug-likeness (QED) is 0.109. The van der Waals surface area contributed by atoms with Gasteiger partial charge in [-0.1, -0.05) is 110 Å². The van der Waals surface area contributed by atoms with E-state index in [1.807, 2.05) is 97.1 Å². The van der Waals surface area contributed by atoms with Crippen LogP contribution in [0.3, 0.4) is 0 Å². The van der Waals surface area contributed by atoms with Gasteiger partial charge in [0.25, 0.3) is 0 Å². The lowest BCUT2D eigenvalue weighted by Gasteiger charge is -2.41. The Kier molecular flexibility index (Phi) is 11.8. The van der Waals surface area contributed by atoms with E-state index in [0.29, 0.717) is 18.0 Å². The van der Waals surface area contributed by atoms with Crippen molar-refractivity contribution < 1.29 is 24.1 Å². The van der Waals surface area contributed by atoms with E-state index in [1.54, 1.807) is 11.8 Å². The highest BCUT2D eigenvalue weighted by Gasteiger charge is 2.38. The largest absolute Gasteiger partial charge is 0.457 e. The van der Waals surface area contributed by atoms with Gasteiger partial charge in [-0.05, 0) is 82.4 Å². The summed E-state index contributed by atoms with van der Waals surface area (Å²) in [5.74, 6) is 2.35. The molecule has 1 saturated heterocycles. The van der Waals surface area contributed by atoms with Gasteiger partial charge in [-0.25, -0.2) is 4.79 Å². The van der Waals surface area contributed by atoms with Crippen molar-refractivity contribution in [2.75, 3.05) is 11.1 Å². The summed E-state index contributed by atoms with van der Waals surface area (Å²) in [6.45, 7) is 2.56. The molecular weight excluding hydrogens is 681 g/mol. The maximum Gasteiger partial charge on any atom is 0.319 e. The molecule has 6 aromatic rings. The maximum absolute atomic E-state index is 12.7. The van der Waals surface area contributed by atoms with Crippen molar-refractivity contribution in [3.8, 4) is 22.6 Å². The Hall–Kier alpha value is -5.38. The van der Waals surface area contributed by atoms with Crippen LogP contribution in [0.4, 0.5) is 10.5 Å². The number of thioether (sulfide) groups is 1. The minimum Gasteiger partial charge on any atom is -0.457 e. The zero-order valence-corrected chi connectivity index (χ0v) is 30.2. The monoisotopic (exact) mass is 722 g/mol. The number of amides is 2. The molecule has 0 aliphatic carbocycles. The summed E-state index contributed by atoms with van der Waals surface area (Å²) in [6, 6.07) is 51.4. The zero-order chi connectivity index (χ0) is 36.4. The van der Waals surface area contributed by atoms with E-state index in [-0.39, 0.29) is 30.8 Å². The average molecular weight is 723 g/mol. The lowest BCUT2D eigenvalue weighted by molar-refractivity contribution is -0.268. The van der Waals surface area contributed by atoms with E-state index >= 15 is 0 Å². The summed E-state index contributed by atoms with van der Waals surface area (Å²) in [6.07, 6.45) is -0.752. The van der Waals surface area contributed by atoms with Crippen LogP contribution in [0.2, 0.25) is 0 Å². The molecule has 6 aromatic carbocycles. The average Bonchev–Trinajstić information content (AvgIpc) is 3.21. The van der Waals surface area contributed by atoms with Crippen LogP contribution < -0.4 is 15.4 Å². The maximum atomic E-state index is 12.7. The normalized spacial score (nSPS) is 18.2.